The fourth-order valence-electron chi connectivity index (χ4n) is 10.0. The number of nitrogens with one attached hydrogen (secondary N) is 2. The van der Waals surface area contributed by atoms with Crippen LogP contribution in [0, 0.1) is 11.3 Å². The van der Waals surface area contributed by atoms with Crippen LogP contribution in [-0.4, -0.2) is 155 Å². The minimum atomic E-state index is -2.21. The molecule has 3 N–H and O–H groups in total. The quantitative estimate of drug-likeness (QED) is 0.149. The Kier molecular flexibility index (Phi) is 16.0. The number of benzene rings is 1. The molecule has 0 spiro atoms. The van der Waals surface area contributed by atoms with Gasteiger partial charge < -0.3 is 43.9 Å². The number of hydrazine groups is 1. The lowest BCUT2D eigenvalue weighted by Gasteiger charge is -2.41. The molecule has 2 fully saturated rings. The Labute approximate surface area is 404 Å². The van der Waals surface area contributed by atoms with Crippen LogP contribution in [0.3, 0.4) is 0 Å². The molecule has 0 aliphatic carbocycles. The van der Waals surface area contributed by atoms with Gasteiger partial charge >= 0.3 is 12.0 Å². The SMILES string of the molecule is CCn1c(-c2cccnc2[C@H](C)OC)c2c3cc(ccc31)-c1csc(n1)C[C@H](NC(=O)[C@H](C(C)C)N(C)C(=O)N1CCC(N(C)CCOC)CC1)C(=O)N1CCC[C@@](O)(N1)C(=O)OCC(C)(C)C2. The van der Waals surface area contributed by atoms with Gasteiger partial charge in [-0.3, -0.25) is 19.6 Å². The lowest BCUT2D eigenvalue weighted by molar-refractivity contribution is -0.189. The van der Waals surface area contributed by atoms with E-state index in [0.717, 1.165) is 64.1 Å². The van der Waals surface area contributed by atoms with Crippen molar-refractivity contribution in [1.82, 2.24) is 45.0 Å². The Morgan fingerprint density at radius 1 is 1.10 bits per heavy atom. The minimum Gasteiger partial charge on any atom is -0.462 e. The van der Waals surface area contributed by atoms with E-state index in [1.807, 2.05) is 46.1 Å². The van der Waals surface area contributed by atoms with Crippen LogP contribution < -0.4 is 10.7 Å². The van der Waals surface area contributed by atoms with E-state index < -0.39 is 41.0 Å². The first-order chi connectivity index (χ1) is 32.4. The third kappa shape index (κ3) is 10.7. The summed E-state index contributed by atoms with van der Waals surface area (Å²) in [5.41, 5.74) is 6.37. The Morgan fingerprint density at radius 2 is 1.85 bits per heavy atom. The predicted octanol–water partition coefficient (Wildman–Crippen LogP) is 5.64. The molecule has 68 heavy (non-hydrogen) atoms. The molecule has 3 aliphatic heterocycles. The highest BCUT2D eigenvalue weighted by Gasteiger charge is 2.46. The zero-order chi connectivity index (χ0) is 49.1. The highest BCUT2D eigenvalue weighted by Crippen LogP contribution is 2.42. The predicted molar refractivity (Wildman–Crippen MR) is 261 cm³/mol. The van der Waals surface area contributed by atoms with Crippen molar-refractivity contribution < 1.29 is 38.5 Å². The number of carbonyl (C=O) groups is 4. The molecule has 0 radical (unpaired) electrons. The summed E-state index contributed by atoms with van der Waals surface area (Å²) in [4.78, 5) is 72.7. The number of nitrogens with zero attached hydrogens (tertiary/aromatic N) is 7. The van der Waals surface area contributed by atoms with Gasteiger partial charge in [0.15, 0.2) is 0 Å². The number of aryl methyl sites for hydroxylation is 1. The number of aromatic nitrogens is 3. The first kappa shape index (κ1) is 50.9. The molecule has 17 nitrogen and oxygen atoms in total. The fraction of sp³-hybridized carbons (Fsp3) is 0.600. The second kappa shape index (κ2) is 21.3. The normalized spacial score (nSPS) is 21.5. The topological polar surface area (TPSA) is 184 Å². The van der Waals surface area contributed by atoms with Gasteiger partial charge in [0.2, 0.25) is 11.6 Å². The zero-order valence-corrected chi connectivity index (χ0v) is 42.3. The van der Waals surface area contributed by atoms with Crippen molar-refractivity contribution in [3.05, 3.63) is 58.2 Å². The number of carbonyl (C=O) groups excluding carboxylic acids is 4. The summed E-state index contributed by atoms with van der Waals surface area (Å²) in [6.07, 6.45) is 3.90. The number of likely N-dealkylation sites (tertiary alicyclic amines) is 1. The summed E-state index contributed by atoms with van der Waals surface area (Å²) in [6.45, 7) is 15.2. The minimum absolute atomic E-state index is 0.00427. The smallest absolute Gasteiger partial charge is 0.355 e. The summed E-state index contributed by atoms with van der Waals surface area (Å²) in [6, 6.07) is 8.29. The summed E-state index contributed by atoms with van der Waals surface area (Å²) in [7, 11) is 7.06. The lowest BCUT2D eigenvalue weighted by atomic mass is 9.84. The number of aliphatic hydroxyl groups is 1. The molecule has 7 rings (SSSR count). The fourth-order valence-corrected chi connectivity index (χ4v) is 10.9. The molecule has 18 heteroatoms. The molecule has 2 saturated heterocycles. The molecule has 6 bridgehead atoms. The Balaban J connectivity index is 1.24. The summed E-state index contributed by atoms with van der Waals surface area (Å²) in [5, 5.41) is 19.7. The van der Waals surface area contributed by atoms with Crippen LogP contribution in [0.2, 0.25) is 0 Å². The van der Waals surface area contributed by atoms with Crippen molar-refractivity contribution in [1.29, 1.82) is 0 Å². The molecule has 0 unspecified atom stereocenters. The summed E-state index contributed by atoms with van der Waals surface area (Å²) in [5.74, 6) is -2.27. The van der Waals surface area contributed by atoms with Gasteiger partial charge in [-0.1, -0.05) is 33.8 Å². The van der Waals surface area contributed by atoms with Gasteiger partial charge in [0.25, 0.3) is 5.91 Å². The molecule has 4 aromatic rings. The number of esters is 1. The Bertz CT molecular complexity index is 2450. The third-order valence-electron chi connectivity index (χ3n) is 13.9. The number of methoxy groups -OCH3 is 2. The zero-order valence-electron chi connectivity index (χ0n) is 41.5. The molecule has 6 heterocycles. The van der Waals surface area contributed by atoms with E-state index in [2.05, 4.69) is 58.4 Å². The van der Waals surface area contributed by atoms with Crippen molar-refractivity contribution in [3.8, 4) is 22.5 Å². The monoisotopic (exact) mass is 958 g/mol. The number of urea groups is 1. The van der Waals surface area contributed by atoms with Crippen LogP contribution in [0.5, 0.6) is 0 Å². The van der Waals surface area contributed by atoms with Gasteiger partial charge in [0.1, 0.15) is 12.1 Å². The van der Waals surface area contributed by atoms with Gasteiger partial charge in [-0.05, 0) is 82.3 Å². The highest BCUT2D eigenvalue weighted by atomic mass is 32.1. The highest BCUT2D eigenvalue weighted by molar-refractivity contribution is 7.10. The number of rotatable bonds is 12. The van der Waals surface area contributed by atoms with E-state index in [0.29, 0.717) is 43.7 Å². The van der Waals surface area contributed by atoms with Gasteiger partial charge in [-0.2, -0.15) is 5.43 Å². The molecular weight excluding hydrogens is 887 g/mol. The van der Waals surface area contributed by atoms with E-state index in [1.165, 1.54) is 21.2 Å². The maximum atomic E-state index is 14.7. The van der Waals surface area contributed by atoms with E-state index >= 15 is 0 Å². The number of thiazole rings is 1. The van der Waals surface area contributed by atoms with E-state index in [9.17, 15) is 24.3 Å². The lowest BCUT2D eigenvalue weighted by Crippen LogP contribution is -2.67. The number of pyridine rings is 1. The van der Waals surface area contributed by atoms with E-state index in [4.69, 9.17) is 24.2 Å². The number of hydrogen-bond acceptors (Lipinski definition) is 13. The number of cyclic esters (lactones) is 1. The van der Waals surface area contributed by atoms with E-state index in [1.54, 1.807) is 32.4 Å². The van der Waals surface area contributed by atoms with Gasteiger partial charge in [-0.25, -0.2) is 14.6 Å². The van der Waals surface area contributed by atoms with Crippen LogP contribution >= 0.6 is 11.3 Å². The first-order valence-corrected chi connectivity index (χ1v) is 24.9. The van der Waals surface area contributed by atoms with Gasteiger partial charge in [0.05, 0.1) is 41.4 Å². The summed E-state index contributed by atoms with van der Waals surface area (Å²) < 4.78 is 19.3. The number of amides is 4. The van der Waals surface area contributed by atoms with Gasteiger partial charge in [-0.15, -0.1) is 11.3 Å². The average Bonchev–Trinajstić information content (AvgIpc) is 3.92. The molecule has 4 amide bonds. The third-order valence-corrected chi connectivity index (χ3v) is 14.7. The summed E-state index contributed by atoms with van der Waals surface area (Å²) >= 11 is 1.38. The number of hydrogen-bond donors (Lipinski definition) is 3. The molecule has 4 atom stereocenters. The number of fused-ring (bicyclic) bond motifs is 6. The van der Waals surface area contributed by atoms with Crippen LogP contribution in [0.1, 0.15) is 89.6 Å². The molecule has 3 aromatic heterocycles. The molecule has 1 aromatic carbocycles. The Hall–Kier alpha value is -4.98. The second-order valence-corrected chi connectivity index (χ2v) is 20.7. The maximum absolute atomic E-state index is 14.7. The van der Waals surface area contributed by atoms with Crippen molar-refractivity contribution in [2.75, 3.05) is 67.7 Å². The van der Waals surface area contributed by atoms with Crippen molar-refractivity contribution >= 4 is 46.1 Å². The second-order valence-electron chi connectivity index (χ2n) is 19.8. The van der Waals surface area contributed by atoms with Crippen molar-refractivity contribution in [2.24, 2.45) is 11.3 Å². The molecule has 3 aliphatic rings. The number of likely N-dealkylation sites (N-methyl/N-ethyl adjacent to an activating group) is 2. The van der Waals surface area contributed by atoms with Crippen LogP contribution in [-0.2, 0) is 48.0 Å². The maximum Gasteiger partial charge on any atom is 0.355 e. The van der Waals surface area contributed by atoms with Crippen LogP contribution in [0.4, 0.5) is 4.79 Å². The molecule has 370 valence electrons. The van der Waals surface area contributed by atoms with E-state index in [-0.39, 0.29) is 50.5 Å². The Morgan fingerprint density at radius 3 is 2.54 bits per heavy atom. The number of ether oxygens (including phenoxy) is 3. The largest absolute Gasteiger partial charge is 0.462 e. The van der Waals surface area contributed by atoms with Gasteiger partial charge in [0, 0.05) is 112 Å². The van der Waals surface area contributed by atoms with Crippen LogP contribution in [0.25, 0.3) is 33.4 Å². The number of piperidine rings is 1. The van der Waals surface area contributed by atoms with Crippen molar-refractivity contribution in [3.63, 3.8) is 0 Å². The van der Waals surface area contributed by atoms with Crippen molar-refractivity contribution in [2.45, 2.75) is 117 Å². The standard InChI is InChI=1S/C50H71N9O8S/c1-11-58-40-16-15-33-26-36(40)37(44(58)35-14-12-20-51-42(35)32(4)66-10)28-49(5,6)30-67-47(62)50(64)19-13-21-59(54-50)46(61)38(27-41-52-39(33)29-68-41)53-45(60)43(31(2)3)56(8)48(63)57-22-17-34(18-23-57)55(7)24-25-65-9/h12,14-16,20,26,29,31-32,34,38,43,54,64H,11,13,17-19,21-25,27-28,30H2,1-10H3,(H,53,60)/t32-,38-,43-,50-/m0/s1. The first-order valence-electron chi connectivity index (χ1n) is 24.0. The average molecular weight is 958 g/mol. The van der Waals surface area contributed by atoms with Crippen LogP contribution in [0.15, 0.2) is 41.9 Å². The molecule has 0 saturated carbocycles. The molecular formula is C50H71N9O8S.